The maximum Gasteiger partial charge on any atom is 0.129 e. The van der Waals surface area contributed by atoms with Gasteiger partial charge >= 0.3 is 0 Å². The molecule has 0 aliphatic rings. The van der Waals surface area contributed by atoms with Gasteiger partial charge in [-0.15, -0.1) is 0 Å². The van der Waals surface area contributed by atoms with Crippen LogP contribution in [0.1, 0.15) is 18.7 Å². The fraction of sp³-hybridized carbons (Fsp3) is 0.400. The van der Waals surface area contributed by atoms with Crippen molar-refractivity contribution in [2.75, 3.05) is 6.54 Å². The van der Waals surface area contributed by atoms with Gasteiger partial charge in [0.2, 0.25) is 0 Å². The second-order valence-electron chi connectivity index (χ2n) is 3.17. The van der Waals surface area contributed by atoms with Gasteiger partial charge in [0.15, 0.2) is 0 Å². The van der Waals surface area contributed by atoms with Crippen molar-refractivity contribution in [1.29, 1.82) is 0 Å². The van der Waals surface area contributed by atoms with E-state index in [1.807, 2.05) is 0 Å². The zero-order valence-electron chi connectivity index (χ0n) is 7.50. The van der Waals surface area contributed by atoms with Crippen LogP contribution >= 0.6 is 0 Å². The van der Waals surface area contributed by atoms with Gasteiger partial charge in [0.05, 0.1) is 0 Å². The molecular weight excluding hydrogens is 172 g/mol. The van der Waals surface area contributed by atoms with E-state index in [0.717, 1.165) is 0 Å². The van der Waals surface area contributed by atoms with Crippen molar-refractivity contribution >= 4 is 0 Å². The Morgan fingerprint density at radius 1 is 1.31 bits per heavy atom. The molecule has 2 atom stereocenters. The first-order chi connectivity index (χ1) is 6.15. The Kier molecular flexibility index (Phi) is 3.37. The molecule has 0 saturated carbocycles. The van der Waals surface area contributed by atoms with Crippen molar-refractivity contribution in [1.82, 2.24) is 0 Å². The van der Waals surface area contributed by atoms with Crippen LogP contribution < -0.4 is 5.73 Å². The zero-order chi connectivity index (χ0) is 9.84. The Morgan fingerprint density at radius 3 is 2.31 bits per heavy atom. The number of alkyl halides is 1. The fourth-order valence-electron chi connectivity index (χ4n) is 1.09. The predicted octanol–water partition coefficient (Wildman–Crippen LogP) is 2.43. The lowest BCUT2D eigenvalue weighted by Crippen LogP contribution is -2.16. The van der Waals surface area contributed by atoms with E-state index in [4.69, 9.17) is 5.73 Å². The monoisotopic (exact) mass is 185 g/mol. The van der Waals surface area contributed by atoms with Gasteiger partial charge in [-0.05, 0) is 24.2 Å². The van der Waals surface area contributed by atoms with Crippen LogP contribution in [0, 0.1) is 11.7 Å². The number of rotatable bonds is 3. The van der Waals surface area contributed by atoms with Crippen molar-refractivity contribution in [2.24, 2.45) is 11.7 Å². The van der Waals surface area contributed by atoms with Crippen molar-refractivity contribution in [2.45, 2.75) is 13.1 Å². The molecule has 1 nitrogen and oxygen atoms in total. The Bertz CT molecular complexity index is 258. The molecule has 1 aromatic rings. The fourth-order valence-corrected chi connectivity index (χ4v) is 1.09. The molecule has 2 N–H and O–H groups in total. The summed E-state index contributed by atoms with van der Waals surface area (Å²) in [6.45, 7) is 2.02. The first kappa shape index (κ1) is 10.1. The molecule has 1 rings (SSSR count). The third kappa shape index (κ3) is 2.49. The van der Waals surface area contributed by atoms with Crippen LogP contribution in [0.15, 0.2) is 24.3 Å². The lowest BCUT2D eigenvalue weighted by atomic mass is 9.99. The first-order valence-corrected chi connectivity index (χ1v) is 4.24. The first-order valence-electron chi connectivity index (χ1n) is 4.24. The lowest BCUT2D eigenvalue weighted by molar-refractivity contribution is 0.251. The minimum Gasteiger partial charge on any atom is -0.330 e. The van der Waals surface area contributed by atoms with Crippen LogP contribution in [0.25, 0.3) is 0 Å². The lowest BCUT2D eigenvalue weighted by Gasteiger charge is -2.14. The SMILES string of the molecule is CC(CN)C(F)c1ccc(F)cc1. The average Bonchev–Trinajstić information content (AvgIpc) is 2.17. The summed E-state index contributed by atoms with van der Waals surface area (Å²) in [7, 11) is 0. The molecule has 0 spiro atoms. The van der Waals surface area contributed by atoms with E-state index in [9.17, 15) is 8.78 Å². The smallest absolute Gasteiger partial charge is 0.129 e. The number of hydrogen-bond donors (Lipinski definition) is 1. The number of benzene rings is 1. The molecule has 2 unspecified atom stereocenters. The summed E-state index contributed by atoms with van der Waals surface area (Å²) >= 11 is 0. The van der Waals surface area contributed by atoms with Gasteiger partial charge in [0, 0.05) is 5.92 Å². The van der Waals surface area contributed by atoms with Gasteiger partial charge in [-0.3, -0.25) is 0 Å². The molecule has 0 bridgehead atoms. The minimum absolute atomic E-state index is 0.231. The van der Waals surface area contributed by atoms with Gasteiger partial charge in [0.25, 0.3) is 0 Å². The maximum atomic E-state index is 13.5. The number of hydrogen-bond acceptors (Lipinski definition) is 1. The summed E-state index contributed by atoms with van der Waals surface area (Å²) in [4.78, 5) is 0. The molecule has 0 aliphatic heterocycles. The summed E-state index contributed by atoms with van der Waals surface area (Å²) in [5, 5.41) is 0. The Labute approximate surface area is 76.6 Å². The highest BCUT2D eigenvalue weighted by Gasteiger charge is 2.16. The van der Waals surface area contributed by atoms with Crippen molar-refractivity contribution in [3.8, 4) is 0 Å². The second-order valence-corrected chi connectivity index (χ2v) is 3.17. The van der Waals surface area contributed by atoms with Crippen molar-refractivity contribution in [3.05, 3.63) is 35.6 Å². The van der Waals surface area contributed by atoms with Gasteiger partial charge in [-0.2, -0.15) is 0 Å². The van der Waals surface area contributed by atoms with Crippen molar-refractivity contribution < 1.29 is 8.78 Å². The van der Waals surface area contributed by atoms with E-state index in [0.29, 0.717) is 12.1 Å². The summed E-state index contributed by atoms with van der Waals surface area (Å²) in [6, 6.07) is 5.41. The normalized spacial score (nSPS) is 15.4. The molecule has 0 radical (unpaired) electrons. The molecule has 3 heteroatoms. The predicted molar refractivity (Wildman–Crippen MR) is 48.5 cm³/mol. The second kappa shape index (κ2) is 4.33. The van der Waals surface area contributed by atoms with E-state index in [2.05, 4.69) is 0 Å². The molecule has 1 aromatic carbocycles. The summed E-state index contributed by atoms with van der Waals surface area (Å²) in [6.07, 6.45) is -1.11. The molecule has 0 aromatic heterocycles. The highest BCUT2D eigenvalue weighted by atomic mass is 19.1. The van der Waals surface area contributed by atoms with E-state index in [1.54, 1.807) is 6.92 Å². The van der Waals surface area contributed by atoms with Crippen LogP contribution in [0.4, 0.5) is 8.78 Å². The molecule has 0 fully saturated rings. The molecule has 13 heavy (non-hydrogen) atoms. The summed E-state index contributed by atoms with van der Waals surface area (Å²) in [5.74, 6) is -0.582. The zero-order valence-corrected chi connectivity index (χ0v) is 7.50. The van der Waals surface area contributed by atoms with Gasteiger partial charge in [-0.25, -0.2) is 8.78 Å². The quantitative estimate of drug-likeness (QED) is 0.769. The Balaban J connectivity index is 2.77. The topological polar surface area (TPSA) is 26.0 Å². The van der Waals surface area contributed by atoms with Gasteiger partial charge in [-0.1, -0.05) is 19.1 Å². The summed E-state index contributed by atoms with van der Waals surface area (Å²) in [5.41, 5.74) is 5.81. The van der Waals surface area contributed by atoms with E-state index < -0.39 is 6.17 Å². The van der Waals surface area contributed by atoms with Crippen LogP contribution in [0.5, 0.6) is 0 Å². The van der Waals surface area contributed by atoms with Crippen LogP contribution in [-0.2, 0) is 0 Å². The van der Waals surface area contributed by atoms with Gasteiger partial charge in [0.1, 0.15) is 12.0 Å². The number of nitrogens with two attached hydrogens (primary N) is 1. The standard InChI is InChI=1S/C10H13F2N/c1-7(6-13)10(12)8-2-4-9(11)5-3-8/h2-5,7,10H,6,13H2,1H3. The Morgan fingerprint density at radius 2 is 1.85 bits per heavy atom. The molecule has 0 saturated heterocycles. The molecule has 0 amide bonds. The molecular formula is C10H13F2N. The largest absolute Gasteiger partial charge is 0.330 e. The average molecular weight is 185 g/mol. The third-order valence-electron chi connectivity index (χ3n) is 2.06. The molecule has 72 valence electrons. The van der Waals surface area contributed by atoms with E-state index in [-0.39, 0.29) is 11.7 Å². The van der Waals surface area contributed by atoms with Crippen LogP contribution in [-0.4, -0.2) is 6.54 Å². The maximum absolute atomic E-state index is 13.5. The van der Waals surface area contributed by atoms with Crippen molar-refractivity contribution in [3.63, 3.8) is 0 Å². The Hall–Kier alpha value is -0.960. The van der Waals surface area contributed by atoms with Gasteiger partial charge < -0.3 is 5.73 Å². The molecule has 0 heterocycles. The number of halogens is 2. The summed E-state index contributed by atoms with van der Waals surface area (Å²) < 4.78 is 25.9. The van der Waals surface area contributed by atoms with E-state index in [1.165, 1.54) is 24.3 Å². The van der Waals surface area contributed by atoms with Crippen LogP contribution in [0.2, 0.25) is 0 Å². The molecule has 0 aliphatic carbocycles. The highest BCUT2D eigenvalue weighted by molar-refractivity contribution is 5.19. The third-order valence-corrected chi connectivity index (χ3v) is 2.06. The minimum atomic E-state index is -1.11. The highest BCUT2D eigenvalue weighted by Crippen LogP contribution is 2.25. The van der Waals surface area contributed by atoms with Crippen LogP contribution in [0.3, 0.4) is 0 Å². The van der Waals surface area contributed by atoms with E-state index >= 15 is 0 Å².